The summed E-state index contributed by atoms with van der Waals surface area (Å²) in [4.78, 5) is 13.0. The number of methoxy groups -OCH3 is 1. The van der Waals surface area contributed by atoms with Crippen LogP contribution in [0.3, 0.4) is 0 Å². The molecule has 2 N–H and O–H groups in total. The third-order valence-electron chi connectivity index (χ3n) is 7.02. The fourth-order valence-electron chi connectivity index (χ4n) is 4.70. The van der Waals surface area contributed by atoms with E-state index in [0.29, 0.717) is 18.8 Å². The van der Waals surface area contributed by atoms with Crippen molar-refractivity contribution in [1.29, 1.82) is 0 Å². The van der Waals surface area contributed by atoms with Crippen LogP contribution >= 0.6 is 0 Å². The average Bonchev–Trinajstić information content (AvgIpc) is 3.41. The van der Waals surface area contributed by atoms with Crippen LogP contribution in [0.1, 0.15) is 45.6 Å². The van der Waals surface area contributed by atoms with Gasteiger partial charge in [0, 0.05) is 19.7 Å². The largest absolute Gasteiger partial charge is 0.497 e. The number of benzene rings is 2. The van der Waals surface area contributed by atoms with Gasteiger partial charge in [0.15, 0.2) is 0 Å². The molecule has 216 valence electrons. The number of amides is 1. The lowest BCUT2D eigenvalue weighted by Gasteiger charge is -2.31. The zero-order valence-corrected chi connectivity index (χ0v) is 24.2. The molecule has 3 unspecified atom stereocenters. The maximum atomic E-state index is 13.6. The van der Waals surface area contributed by atoms with Crippen molar-refractivity contribution >= 4 is 16.1 Å². The van der Waals surface area contributed by atoms with E-state index in [9.17, 15) is 18.3 Å². The van der Waals surface area contributed by atoms with Gasteiger partial charge in [0.2, 0.25) is 10.0 Å². The number of aliphatic hydroxyl groups excluding tert-OH is 1. The summed E-state index contributed by atoms with van der Waals surface area (Å²) >= 11 is 0. The smallest absolute Gasteiger partial charge is 0.407 e. The number of nitrogens with zero attached hydrogens (tertiary/aromatic N) is 1. The van der Waals surface area contributed by atoms with Gasteiger partial charge in [-0.2, -0.15) is 4.31 Å². The zero-order chi connectivity index (χ0) is 28.5. The third-order valence-corrected chi connectivity index (χ3v) is 8.86. The second-order valence-corrected chi connectivity index (χ2v) is 12.4. The first kappa shape index (κ1) is 30.9. The summed E-state index contributed by atoms with van der Waals surface area (Å²) in [6.45, 7) is 6.58. The molecule has 3 atom stereocenters. The van der Waals surface area contributed by atoms with Gasteiger partial charge in [0.05, 0.1) is 24.2 Å². The van der Waals surface area contributed by atoms with E-state index in [4.69, 9.17) is 14.2 Å². The number of carbonyl (C=O) groups excluding carboxylic acids is 1. The molecule has 2 aromatic carbocycles. The molecule has 1 aliphatic rings. The van der Waals surface area contributed by atoms with Crippen LogP contribution in [0.5, 0.6) is 5.75 Å². The molecular weight excluding hydrogens is 520 g/mol. The zero-order valence-electron chi connectivity index (χ0n) is 23.3. The molecule has 1 fully saturated rings. The second kappa shape index (κ2) is 14.1. The topological polar surface area (TPSA) is 114 Å². The van der Waals surface area contributed by atoms with Gasteiger partial charge < -0.3 is 24.6 Å². The van der Waals surface area contributed by atoms with Crippen molar-refractivity contribution in [3.8, 4) is 5.75 Å². The molecule has 1 heterocycles. The molecule has 10 heteroatoms. The minimum atomic E-state index is -3.93. The highest BCUT2D eigenvalue weighted by Gasteiger charge is 2.36. The van der Waals surface area contributed by atoms with Crippen LogP contribution in [0.2, 0.25) is 0 Å². The third kappa shape index (κ3) is 8.66. The molecule has 1 saturated heterocycles. The van der Waals surface area contributed by atoms with Crippen LogP contribution in [0.4, 0.5) is 4.79 Å². The first-order valence-corrected chi connectivity index (χ1v) is 15.0. The highest BCUT2D eigenvalue weighted by molar-refractivity contribution is 7.89. The van der Waals surface area contributed by atoms with Gasteiger partial charge in [-0.05, 0) is 61.4 Å². The Hall–Kier alpha value is -2.66. The lowest BCUT2D eigenvalue weighted by Crippen LogP contribution is -2.51. The molecule has 39 heavy (non-hydrogen) atoms. The van der Waals surface area contributed by atoms with Gasteiger partial charge in [0.25, 0.3) is 0 Å². The number of alkyl carbamates (subject to hydrolysis) is 1. The number of hydrogen-bond acceptors (Lipinski definition) is 7. The predicted molar refractivity (Wildman–Crippen MR) is 149 cm³/mol. The normalized spacial score (nSPS) is 19.2. The molecule has 2 aromatic rings. The van der Waals surface area contributed by atoms with Crippen LogP contribution in [0.25, 0.3) is 0 Å². The van der Waals surface area contributed by atoms with E-state index in [-0.39, 0.29) is 30.5 Å². The molecular formula is C29H42N2O7S. The van der Waals surface area contributed by atoms with Crippen LogP contribution in [-0.2, 0) is 25.9 Å². The predicted octanol–water partition coefficient (Wildman–Crippen LogP) is 4.00. The van der Waals surface area contributed by atoms with Crippen LogP contribution in [0, 0.1) is 5.92 Å². The van der Waals surface area contributed by atoms with Gasteiger partial charge in [-0.1, -0.05) is 51.1 Å². The molecule has 0 aromatic heterocycles. The number of ether oxygens (including phenoxy) is 3. The monoisotopic (exact) mass is 562 g/mol. The lowest BCUT2D eigenvalue weighted by atomic mass is 9.98. The standard InChI is InChI=1S/C29H42N2O7S/c1-5-29(16-9-17-38-29)21-37-28(33)30-26(18-23-10-7-6-8-11-23)27(32)20-31(19-22(2)3)39(34,35)25-14-12-24(36-4)13-15-25/h6-8,10-15,22,26-27,32H,5,9,16-21H2,1-4H3,(H,30,33). The summed E-state index contributed by atoms with van der Waals surface area (Å²) in [5, 5.41) is 14.1. The molecule has 1 amide bonds. The number of aliphatic hydroxyl groups is 1. The Balaban J connectivity index is 1.78. The van der Waals surface area contributed by atoms with Crippen molar-refractivity contribution < 1.29 is 32.5 Å². The average molecular weight is 563 g/mol. The highest BCUT2D eigenvalue weighted by atomic mass is 32.2. The maximum absolute atomic E-state index is 13.6. The summed E-state index contributed by atoms with van der Waals surface area (Å²) in [5.74, 6) is 0.551. The summed E-state index contributed by atoms with van der Waals surface area (Å²) in [6, 6.07) is 14.8. The molecule has 0 aliphatic carbocycles. The van der Waals surface area contributed by atoms with Crippen LogP contribution in [-0.4, -0.2) is 75.1 Å². The van der Waals surface area contributed by atoms with Crippen molar-refractivity contribution in [2.24, 2.45) is 5.92 Å². The summed E-state index contributed by atoms with van der Waals surface area (Å²) in [6.07, 6.45) is 0.885. The first-order chi connectivity index (χ1) is 18.6. The summed E-state index contributed by atoms with van der Waals surface area (Å²) in [7, 11) is -2.41. The van der Waals surface area contributed by atoms with E-state index in [0.717, 1.165) is 24.8 Å². The van der Waals surface area contributed by atoms with Crippen molar-refractivity contribution in [1.82, 2.24) is 9.62 Å². The van der Waals surface area contributed by atoms with Gasteiger partial charge in [-0.15, -0.1) is 0 Å². The Labute approximate surface area is 232 Å². The minimum absolute atomic E-state index is 0.00682. The van der Waals surface area contributed by atoms with E-state index in [2.05, 4.69) is 5.32 Å². The van der Waals surface area contributed by atoms with Crippen LogP contribution in [0.15, 0.2) is 59.5 Å². The molecule has 3 rings (SSSR count). The number of hydrogen-bond donors (Lipinski definition) is 2. The number of nitrogens with one attached hydrogen (secondary N) is 1. The highest BCUT2D eigenvalue weighted by Crippen LogP contribution is 2.29. The van der Waals surface area contributed by atoms with Crippen molar-refractivity contribution in [3.05, 3.63) is 60.2 Å². The SMILES string of the molecule is CCC1(COC(=O)NC(Cc2ccccc2)C(O)CN(CC(C)C)S(=O)(=O)c2ccc(OC)cc2)CCCO1. The Bertz CT molecular complexity index is 1130. The van der Waals surface area contributed by atoms with Crippen LogP contribution < -0.4 is 10.1 Å². The minimum Gasteiger partial charge on any atom is -0.497 e. The fourth-order valence-corrected chi connectivity index (χ4v) is 6.32. The molecule has 0 saturated carbocycles. The quantitative estimate of drug-likeness (QED) is 0.358. The Kier molecular flexibility index (Phi) is 11.2. The number of carbonyl (C=O) groups is 1. The van der Waals surface area contributed by atoms with Crippen molar-refractivity contribution in [3.63, 3.8) is 0 Å². The van der Waals surface area contributed by atoms with Gasteiger partial charge in [-0.3, -0.25) is 0 Å². The maximum Gasteiger partial charge on any atom is 0.407 e. The second-order valence-electron chi connectivity index (χ2n) is 10.5. The molecule has 9 nitrogen and oxygen atoms in total. The molecule has 0 spiro atoms. The molecule has 0 radical (unpaired) electrons. The van der Waals surface area contributed by atoms with Crippen molar-refractivity contribution in [2.45, 2.75) is 69.1 Å². The van der Waals surface area contributed by atoms with E-state index in [1.165, 1.54) is 23.5 Å². The van der Waals surface area contributed by atoms with Gasteiger partial charge >= 0.3 is 6.09 Å². The van der Waals surface area contributed by atoms with E-state index >= 15 is 0 Å². The Morgan fingerprint density at radius 2 is 1.82 bits per heavy atom. The summed E-state index contributed by atoms with van der Waals surface area (Å²) in [5.41, 5.74) is 0.408. The Morgan fingerprint density at radius 3 is 2.38 bits per heavy atom. The van der Waals surface area contributed by atoms with Gasteiger partial charge in [-0.25, -0.2) is 13.2 Å². The summed E-state index contributed by atoms with van der Waals surface area (Å²) < 4.78 is 44.9. The van der Waals surface area contributed by atoms with Crippen molar-refractivity contribution in [2.75, 3.05) is 33.4 Å². The van der Waals surface area contributed by atoms with E-state index in [1.54, 1.807) is 12.1 Å². The van der Waals surface area contributed by atoms with E-state index in [1.807, 2.05) is 51.1 Å². The Morgan fingerprint density at radius 1 is 1.13 bits per heavy atom. The van der Waals surface area contributed by atoms with E-state index < -0.39 is 33.9 Å². The molecule has 0 bridgehead atoms. The molecule has 1 aliphatic heterocycles. The first-order valence-electron chi connectivity index (χ1n) is 13.5. The fraction of sp³-hybridized carbons (Fsp3) is 0.552. The lowest BCUT2D eigenvalue weighted by molar-refractivity contribution is -0.0463. The number of sulfonamides is 1. The van der Waals surface area contributed by atoms with Gasteiger partial charge in [0.1, 0.15) is 18.0 Å². The number of rotatable bonds is 14.